The third-order valence-electron chi connectivity index (χ3n) is 7.04. The van der Waals surface area contributed by atoms with Crippen molar-refractivity contribution in [1.82, 2.24) is 15.1 Å². The number of nitrogens with two attached hydrogens (primary N) is 2. The molecule has 2 aromatic carbocycles. The average Bonchev–Trinajstić information content (AvgIpc) is 2.91. The summed E-state index contributed by atoms with van der Waals surface area (Å²) in [7, 11) is -3.67. The molecule has 0 radical (unpaired) electrons. The van der Waals surface area contributed by atoms with Crippen LogP contribution in [0, 0.1) is 0 Å². The van der Waals surface area contributed by atoms with E-state index in [4.69, 9.17) is 34.7 Å². The Morgan fingerprint density at radius 2 is 1.74 bits per heavy atom. The molecule has 3 amide bonds. The number of carbonyl (C=O) groups is 3. The smallest absolute Gasteiger partial charge is 0.369 e. The maximum atomic E-state index is 14.2. The second kappa shape index (κ2) is 14.2. The van der Waals surface area contributed by atoms with Crippen LogP contribution in [0.3, 0.4) is 0 Å². The number of sulfone groups is 1. The molecule has 0 unspecified atom stereocenters. The van der Waals surface area contributed by atoms with Crippen molar-refractivity contribution < 1.29 is 36.0 Å². The molecule has 0 spiro atoms. The van der Waals surface area contributed by atoms with Gasteiger partial charge < -0.3 is 16.8 Å². The Balaban J connectivity index is 1.85. The molecule has 1 atom stereocenters. The summed E-state index contributed by atoms with van der Waals surface area (Å²) in [4.78, 5) is 39.2. The zero-order valence-electron chi connectivity index (χ0n) is 23.2. The minimum absolute atomic E-state index is 0.0471. The molecule has 1 heterocycles. The minimum Gasteiger partial charge on any atom is -0.369 e. The van der Waals surface area contributed by atoms with Gasteiger partial charge >= 0.3 is 6.18 Å². The molecule has 0 saturated carbocycles. The van der Waals surface area contributed by atoms with Gasteiger partial charge in [-0.05, 0) is 60.8 Å². The lowest BCUT2D eigenvalue weighted by Gasteiger charge is -2.38. The number of primary amides is 2. The molecule has 43 heavy (non-hydrogen) atoms. The number of rotatable bonds is 12. The number of nitrogens with zero attached hydrogens (tertiary/aromatic N) is 2. The molecule has 0 aromatic heterocycles. The third kappa shape index (κ3) is 9.29. The summed E-state index contributed by atoms with van der Waals surface area (Å²) in [6.07, 6.45) is -3.72. The van der Waals surface area contributed by atoms with Gasteiger partial charge in [-0.25, -0.2) is 8.42 Å². The fraction of sp³-hybridized carbons (Fsp3) is 0.444. The van der Waals surface area contributed by atoms with Crippen LogP contribution in [0.25, 0.3) is 0 Å². The summed E-state index contributed by atoms with van der Waals surface area (Å²) in [5, 5.41) is 2.39. The van der Waals surface area contributed by atoms with Crippen LogP contribution in [0.5, 0.6) is 0 Å². The SMILES string of the molecule is CCS(=O)(=O)c1ccc(Cl)cc1CNC(=O)c1cc(Cl)c(CN2CCC[C@H](N(CC(N)=O)CC(N)=O)C2)c(C(F)(F)F)c1. The highest BCUT2D eigenvalue weighted by molar-refractivity contribution is 7.91. The van der Waals surface area contributed by atoms with E-state index in [9.17, 15) is 36.0 Å². The normalized spacial score (nSPS) is 16.3. The summed E-state index contributed by atoms with van der Waals surface area (Å²) < 4.78 is 67.6. The first-order valence-electron chi connectivity index (χ1n) is 13.2. The van der Waals surface area contributed by atoms with E-state index in [-0.39, 0.29) is 76.1 Å². The van der Waals surface area contributed by atoms with Gasteiger partial charge in [-0.3, -0.25) is 24.2 Å². The number of likely N-dealkylation sites (tertiary alicyclic amines) is 1. The number of alkyl halides is 3. The highest BCUT2D eigenvalue weighted by Gasteiger charge is 2.37. The molecule has 0 bridgehead atoms. The van der Waals surface area contributed by atoms with Crippen LogP contribution in [0.2, 0.25) is 10.0 Å². The predicted octanol–water partition coefficient (Wildman–Crippen LogP) is 2.97. The first-order valence-corrected chi connectivity index (χ1v) is 15.6. The second-order valence-corrected chi connectivity index (χ2v) is 13.3. The quantitative estimate of drug-likeness (QED) is 0.315. The maximum absolute atomic E-state index is 14.2. The lowest BCUT2D eigenvalue weighted by molar-refractivity contribution is -0.138. The Kier molecular flexibility index (Phi) is 11.5. The zero-order chi connectivity index (χ0) is 32.1. The van der Waals surface area contributed by atoms with E-state index in [0.29, 0.717) is 25.5 Å². The second-order valence-electron chi connectivity index (χ2n) is 10.2. The van der Waals surface area contributed by atoms with E-state index in [0.717, 1.165) is 6.07 Å². The molecule has 5 N–H and O–H groups in total. The van der Waals surface area contributed by atoms with Crippen LogP contribution in [-0.4, -0.2) is 73.9 Å². The molecule has 16 heteroatoms. The fourth-order valence-electron chi connectivity index (χ4n) is 5.01. The van der Waals surface area contributed by atoms with Crippen LogP contribution in [-0.2, 0) is 38.7 Å². The number of amides is 3. The van der Waals surface area contributed by atoms with Crippen molar-refractivity contribution >= 4 is 50.8 Å². The molecular weight excluding hydrogens is 634 g/mol. The minimum atomic E-state index is -4.86. The number of hydrogen-bond acceptors (Lipinski definition) is 7. The van der Waals surface area contributed by atoms with Crippen molar-refractivity contribution in [1.29, 1.82) is 0 Å². The van der Waals surface area contributed by atoms with Gasteiger partial charge in [0.1, 0.15) is 0 Å². The van der Waals surface area contributed by atoms with Gasteiger partial charge in [-0.2, -0.15) is 13.2 Å². The van der Waals surface area contributed by atoms with Crippen molar-refractivity contribution in [3.05, 3.63) is 62.6 Å². The van der Waals surface area contributed by atoms with Crippen LogP contribution in [0.1, 0.15) is 46.8 Å². The van der Waals surface area contributed by atoms with Gasteiger partial charge in [0.25, 0.3) is 5.91 Å². The van der Waals surface area contributed by atoms with Gasteiger partial charge in [0.05, 0.1) is 29.3 Å². The highest BCUT2D eigenvalue weighted by Crippen LogP contribution is 2.37. The standard InChI is InChI=1S/C27H32Cl2F3N5O5S/c1-2-43(41,42)23-6-5-18(28)8-17(23)11-35-26(40)16-9-21(27(30,31)32)20(22(29)10-16)13-36-7-3-4-19(12-36)37(14-24(33)38)15-25(34)39/h5-6,8-10,19H,2-4,7,11-15H2,1H3,(H2,33,38)(H2,34,39)(H,35,40)/t19-/m0/s1. The molecular formula is C27H32Cl2F3N5O5S. The van der Waals surface area contributed by atoms with Crippen LogP contribution < -0.4 is 16.8 Å². The molecule has 10 nitrogen and oxygen atoms in total. The van der Waals surface area contributed by atoms with Crippen molar-refractivity contribution in [2.45, 2.75) is 50.0 Å². The Bertz CT molecular complexity index is 1470. The van der Waals surface area contributed by atoms with E-state index >= 15 is 0 Å². The van der Waals surface area contributed by atoms with Gasteiger partial charge in [0.2, 0.25) is 11.8 Å². The molecule has 1 fully saturated rings. The molecule has 1 aliphatic rings. The topological polar surface area (TPSA) is 156 Å². The monoisotopic (exact) mass is 665 g/mol. The molecule has 1 aliphatic heterocycles. The van der Waals surface area contributed by atoms with E-state index in [1.54, 1.807) is 4.90 Å². The van der Waals surface area contributed by atoms with Crippen LogP contribution >= 0.6 is 23.2 Å². The first kappa shape index (κ1) is 34.6. The number of benzene rings is 2. The Morgan fingerprint density at radius 3 is 2.33 bits per heavy atom. The van der Waals surface area contributed by atoms with E-state index in [1.807, 2.05) is 0 Å². The van der Waals surface area contributed by atoms with E-state index in [1.165, 1.54) is 30.0 Å². The van der Waals surface area contributed by atoms with Gasteiger partial charge in [-0.1, -0.05) is 30.1 Å². The highest BCUT2D eigenvalue weighted by atomic mass is 35.5. The Labute approximate surface area is 257 Å². The average molecular weight is 667 g/mol. The number of halogens is 5. The van der Waals surface area contributed by atoms with Gasteiger partial charge in [0, 0.05) is 41.3 Å². The summed E-state index contributed by atoms with van der Waals surface area (Å²) in [6.45, 7) is 1.11. The maximum Gasteiger partial charge on any atom is 0.416 e. The predicted molar refractivity (Wildman–Crippen MR) is 155 cm³/mol. The molecule has 3 rings (SSSR count). The number of carbonyl (C=O) groups excluding carboxylic acids is 3. The lowest BCUT2D eigenvalue weighted by atomic mass is 9.99. The van der Waals surface area contributed by atoms with Crippen molar-refractivity contribution in [2.24, 2.45) is 11.5 Å². The third-order valence-corrected chi connectivity index (χ3v) is 9.44. The van der Waals surface area contributed by atoms with Crippen LogP contribution in [0.15, 0.2) is 35.2 Å². The largest absolute Gasteiger partial charge is 0.416 e. The number of nitrogens with one attached hydrogen (secondary N) is 1. The van der Waals surface area contributed by atoms with E-state index < -0.39 is 39.3 Å². The van der Waals surface area contributed by atoms with E-state index in [2.05, 4.69) is 5.32 Å². The Hall–Kier alpha value is -2.91. The molecule has 236 valence electrons. The summed E-state index contributed by atoms with van der Waals surface area (Å²) in [6, 6.07) is 5.52. The number of piperidine rings is 1. The lowest BCUT2D eigenvalue weighted by Crippen LogP contribution is -2.52. The molecule has 0 aliphatic carbocycles. The van der Waals surface area contributed by atoms with Gasteiger partial charge in [-0.15, -0.1) is 0 Å². The van der Waals surface area contributed by atoms with Crippen molar-refractivity contribution in [3.63, 3.8) is 0 Å². The number of hydrogen-bond donors (Lipinski definition) is 3. The first-order chi connectivity index (χ1) is 20.0. The molecule has 2 aromatic rings. The Morgan fingerprint density at radius 1 is 1.09 bits per heavy atom. The summed E-state index contributed by atoms with van der Waals surface area (Å²) in [5.74, 6) is -2.44. The summed E-state index contributed by atoms with van der Waals surface area (Å²) >= 11 is 12.4. The van der Waals surface area contributed by atoms with Crippen molar-refractivity contribution in [2.75, 3.05) is 31.9 Å². The molecule has 1 saturated heterocycles. The summed E-state index contributed by atoms with van der Waals surface area (Å²) in [5.41, 5.74) is 9.07. The zero-order valence-corrected chi connectivity index (χ0v) is 25.5. The van der Waals surface area contributed by atoms with Gasteiger partial charge in [0.15, 0.2) is 9.84 Å². The van der Waals surface area contributed by atoms with Crippen molar-refractivity contribution in [3.8, 4) is 0 Å². The van der Waals surface area contributed by atoms with Crippen LogP contribution in [0.4, 0.5) is 13.2 Å². The fourth-order valence-corrected chi connectivity index (χ4v) is 6.61.